The number of nitrogens with zero attached hydrogens (tertiary/aromatic N) is 5. The first-order valence-corrected chi connectivity index (χ1v) is 7.37. The molecule has 0 saturated carbocycles. The van der Waals surface area contributed by atoms with Crippen molar-refractivity contribution in [3.63, 3.8) is 0 Å². The van der Waals surface area contributed by atoms with Gasteiger partial charge in [-0.2, -0.15) is 4.80 Å². The van der Waals surface area contributed by atoms with E-state index < -0.39 is 0 Å². The van der Waals surface area contributed by atoms with Gasteiger partial charge in [0.1, 0.15) is 6.54 Å². The van der Waals surface area contributed by atoms with Gasteiger partial charge in [-0.25, -0.2) is 0 Å². The molecule has 0 fully saturated rings. The summed E-state index contributed by atoms with van der Waals surface area (Å²) in [6.45, 7) is 0.00282. The molecule has 0 saturated heterocycles. The Morgan fingerprint density at radius 2 is 1.83 bits per heavy atom. The number of aromatic nitrogens is 4. The smallest absolute Gasteiger partial charge is 0.250 e. The van der Waals surface area contributed by atoms with Crippen LogP contribution in [0.3, 0.4) is 0 Å². The van der Waals surface area contributed by atoms with Crippen LogP contribution < -0.4 is 4.90 Å². The van der Waals surface area contributed by atoms with Crippen molar-refractivity contribution in [1.29, 1.82) is 0 Å². The summed E-state index contributed by atoms with van der Waals surface area (Å²) in [6, 6.07) is 16.6. The summed E-state index contributed by atoms with van der Waals surface area (Å²) in [7, 11) is 1.71. The fourth-order valence-electron chi connectivity index (χ4n) is 2.08. The summed E-state index contributed by atoms with van der Waals surface area (Å²) in [6.07, 6.45) is 0. The van der Waals surface area contributed by atoms with E-state index in [0.29, 0.717) is 16.4 Å². The van der Waals surface area contributed by atoms with Gasteiger partial charge in [0.05, 0.1) is 5.02 Å². The molecule has 1 heterocycles. The summed E-state index contributed by atoms with van der Waals surface area (Å²) < 4.78 is 0. The number of tetrazole rings is 1. The molecule has 0 N–H and O–H groups in total. The quantitative estimate of drug-likeness (QED) is 0.739. The lowest BCUT2D eigenvalue weighted by Crippen LogP contribution is -2.30. The van der Waals surface area contributed by atoms with E-state index in [1.807, 2.05) is 48.5 Å². The molecule has 1 aromatic heterocycles. The van der Waals surface area contributed by atoms with Crippen molar-refractivity contribution in [2.75, 3.05) is 11.9 Å². The molecule has 0 atom stereocenters. The van der Waals surface area contributed by atoms with Crippen LogP contribution in [0.5, 0.6) is 0 Å². The van der Waals surface area contributed by atoms with Gasteiger partial charge in [0.25, 0.3) is 0 Å². The number of likely N-dealkylation sites (N-methyl/N-ethyl adjacent to an activating group) is 1. The van der Waals surface area contributed by atoms with Crippen LogP contribution in [0, 0.1) is 0 Å². The molecule has 0 aliphatic carbocycles. The molecule has 0 spiro atoms. The van der Waals surface area contributed by atoms with Crippen molar-refractivity contribution in [3.05, 3.63) is 59.6 Å². The van der Waals surface area contributed by atoms with Gasteiger partial charge in [-0.05, 0) is 29.5 Å². The van der Waals surface area contributed by atoms with Crippen LogP contribution in [0.15, 0.2) is 54.6 Å². The molecule has 2 aromatic carbocycles. The topological polar surface area (TPSA) is 63.9 Å². The SMILES string of the molecule is CN(C(=O)Cn1nnc(-c2ccccc2Cl)n1)c1ccccc1. The highest BCUT2D eigenvalue weighted by Crippen LogP contribution is 2.23. The van der Waals surface area contributed by atoms with E-state index >= 15 is 0 Å². The standard InChI is InChI=1S/C16H14ClN5O/c1-21(12-7-3-2-4-8-12)15(23)11-22-19-16(18-20-22)13-9-5-6-10-14(13)17/h2-10H,11H2,1H3. The molecule has 116 valence electrons. The molecule has 7 heteroatoms. The van der Waals surface area contributed by atoms with Crippen molar-refractivity contribution in [2.45, 2.75) is 6.54 Å². The zero-order chi connectivity index (χ0) is 16.2. The maximum Gasteiger partial charge on any atom is 0.250 e. The highest BCUT2D eigenvalue weighted by Gasteiger charge is 2.15. The zero-order valence-electron chi connectivity index (χ0n) is 12.4. The Morgan fingerprint density at radius 3 is 2.57 bits per heavy atom. The van der Waals surface area contributed by atoms with E-state index in [1.165, 1.54) is 4.80 Å². The van der Waals surface area contributed by atoms with Crippen LogP contribution in [0.4, 0.5) is 5.69 Å². The lowest BCUT2D eigenvalue weighted by atomic mass is 10.2. The molecule has 3 rings (SSSR count). The van der Waals surface area contributed by atoms with Crippen molar-refractivity contribution in [3.8, 4) is 11.4 Å². The number of carbonyl (C=O) groups excluding carboxylic acids is 1. The molecule has 0 aliphatic heterocycles. The van der Waals surface area contributed by atoms with Gasteiger partial charge in [0.2, 0.25) is 11.7 Å². The Balaban J connectivity index is 1.74. The lowest BCUT2D eigenvalue weighted by molar-refractivity contribution is -0.119. The van der Waals surface area contributed by atoms with E-state index in [0.717, 1.165) is 5.69 Å². The summed E-state index contributed by atoms with van der Waals surface area (Å²) in [5.41, 5.74) is 1.49. The number of carbonyl (C=O) groups is 1. The van der Waals surface area contributed by atoms with Crippen molar-refractivity contribution >= 4 is 23.2 Å². The predicted octanol–water partition coefficient (Wildman–Crippen LogP) is 2.66. The molecule has 0 radical (unpaired) electrons. The molecule has 23 heavy (non-hydrogen) atoms. The fourth-order valence-corrected chi connectivity index (χ4v) is 2.30. The molecule has 0 bridgehead atoms. The van der Waals surface area contributed by atoms with Crippen LogP contribution in [-0.4, -0.2) is 33.2 Å². The van der Waals surface area contributed by atoms with E-state index in [9.17, 15) is 4.79 Å². The first-order chi connectivity index (χ1) is 11.1. The Bertz CT molecular complexity index is 818. The molecule has 3 aromatic rings. The normalized spacial score (nSPS) is 10.5. The number of amides is 1. The Morgan fingerprint density at radius 1 is 1.13 bits per heavy atom. The molecule has 0 aliphatic rings. The molecular weight excluding hydrogens is 314 g/mol. The second kappa shape index (κ2) is 6.58. The van der Waals surface area contributed by atoms with Crippen LogP contribution >= 0.6 is 11.6 Å². The third kappa shape index (κ3) is 3.37. The maximum absolute atomic E-state index is 12.3. The monoisotopic (exact) mass is 327 g/mol. The highest BCUT2D eigenvalue weighted by atomic mass is 35.5. The maximum atomic E-state index is 12.3. The van der Waals surface area contributed by atoms with Gasteiger partial charge >= 0.3 is 0 Å². The first kappa shape index (κ1) is 15.2. The van der Waals surface area contributed by atoms with Gasteiger partial charge in [-0.1, -0.05) is 41.9 Å². The van der Waals surface area contributed by atoms with E-state index in [2.05, 4.69) is 15.4 Å². The van der Waals surface area contributed by atoms with Gasteiger partial charge in [0, 0.05) is 18.3 Å². The average molecular weight is 328 g/mol. The second-order valence-electron chi connectivity index (χ2n) is 4.91. The highest BCUT2D eigenvalue weighted by molar-refractivity contribution is 6.33. The zero-order valence-corrected chi connectivity index (χ0v) is 13.2. The van der Waals surface area contributed by atoms with E-state index in [-0.39, 0.29) is 12.5 Å². The van der Waals surface area contributed by atoms with Gasteiger partial charge in [-0.15, -0.1) is 10.2 Å². The average Bonchev–Trinajstić information content (AvgIpc) is 3.03. The lowest BCUT2D eigenvalue weighted by Gasteiger charge is -2.16. The second-order valence-corrected chi connectivity index (χ2v) is 5.32. The molecule has 1 amide bonds. The van der Waals surface area contributed by atoms with Gasteiger partial charge < -0.3 is 4.90 Å². The number of benzene rings is 2. The number of para-hydroxylation sites is 1. The largest absolute Gasteiger partial charge is 0.314 e. The van der Waals surface area contributed by atoms with E-state index in [4.69, 9.17) is 11.6 Å². The number of hydrogen-bond acceptors (Lipinski definition) is 4. The van der Waals surface area contributed by atoms with Gasteiger partial charge in [-0.3, -0.25) is 4.79 Å². The van der Waals surface area contributed by atoms with Crippen molar-refractivity contribution in [1.82, 2.24) is 20.2 Å². The van der Waals surface area contributed by atoms with Gasteiger partial charge in [0.15, 0.2) is 0 Å². The van der Waals surface area contributed by atoms with Crippen molar-refractivity contribution in [2.24, 2.45) is 0 Å². The molecule has 0 unspecified atom stereocenters. The van der Waals surface area contributed by atoms with Crippen LogP contribution in [0.25, 0.3) is 11.4 Å². The third-order valence-electron chi connectivity index (χ3n) is 3.36. The number of rotatable bonds is 4. The fraction of sp³-hybridized carbons (Fsp3) is 0.125. The summed E-state index contributed by atoms with van der Waals surface area (Å²) in [4.78, 5) is 15.1. The summed E-state index contributed by atoms with van der Waals surface area (Å²) in [5.74, 6) is 0.255. The first-order valence-electron chi connectivity index (χ1n) is 6.99. The number of hydrogen-bond donors (Lipinski definition) is 0. The van der Waals surface area contributed by atoms with Crippen molar-refractivity contribution < 1.29 is 4.79 Å². The predicted molar refractivity (Wildman–Crippen MR) is 88.1 cm³/mol. The number of anilines is 1. The van der Waals surface area contributed by atoms with Crippen LogP contribution in [0.1, 0.15) is 0 Å². The third-order valence-corrected chi connectivity index (χ3v) is 3.69. The minimum atomic E-state index is -0.140. The Kier molecular flexibility index (Phi) is 4.34. The van der Waals surface area contributed by atoms with Crippen LogP contribution in [-0.2, 0) is 11.3 Å². The summed E-state index contributed by atoms with van der Waals surface area (Å²) >= 11 is 6.11. The molecular formula is C16H14ClN5O. The van der Waals surface area contributed by atoms with E-state index in [1.54, 1.807) is 18.0 Å². The minimum Gasteiger partial charge on any atom is -0.314 e. The van der Waals surface area contributed by atoms with Crippen LogP contribution in [0.2, 0.25) is 5.02 Å². The summed E-state index contributed by atoms with van der Waals surface area (Å²) in [5, 5.41) is 12.6. The Labute approximate surface area is 138 Å². The Hall–Kier alpha value is -2.73. The molecule has 6 nitrogen and oxygen atoms in total. The number of halogens is 1. The minimum absolute atomic E-state index is 0.00282.